The number of hydrogen-bond donors (Lipinski definition) is 2. The molecule has 0 radical (unpaired) electrons. The molecule has 5 nitrogen and oxygen atoms in total. The summed E-state index contributed by atoms with van der Waals surface area (Å²) in [7, 11) is -3.02. The van der Waals surface area contributed by atoms with Gasteiger partial charge in [-0.25, -0.2) is 8.42 Å². The third-order valence-corrected chi connectivity index (χ3v) is 4.94. The number of rotatable bonds is 7. The minimum absolute atomic E-state index is 0. The second-order valence-electron chi connectivity index (χ2n) is 6.08. The van der Waals surface area contributed by atoms with Crippen LogP contribution in [0.2, 0.25) is 0 Å². The van der Waals surface area contributed by atoms with Crippen molar-refractivity contribution < 1.29 is 13.2 Å². The van der Waals surface area contributed by atoms with Gasteiger partial charge in [0.15, 0.2) is 0 Å². The molecule has 1 aromatic rings. The van der Waals surface area contributed by atoms with E-state index in [-0.39, 0.29) is 29.5 Å². The van der Waals surface area contributed by atoms with Crippen LogP contribution in [-0.4, -0.2) is 38.9 Å². The van der Waals surface area contributed by atoms with Crippen LogP contribution in [-0.2, 0) is 21.1 Å². The second-order valence-corrected chi connectivity index (χ2v) is 8.22. The fourth-order valence-electron chi connectivity index (χ4n) is 2.47. The standard InChI is InChI=1S/C15H22N2O3S.ClH/c1-21(19,20)11-15(7-8-15)10-17-14(18)13(16)9-12-5-3-2-4-6-12;/h2-6,13H,7-11,16H2,1H3,(H,17,18);1H/t13-;/m0./s1. The topological polar surface area (TPSA) is 89.3 Å². The first kappa shape index (κ1) is 18.9. The molecule has 1 atom stereocenters. The summed E-state index contributed by atoms with van der Waals surface area (Å²) in [5.74, 6) is -0.0904. The average Bonchev–Trinajstić information content (AvgIpc) is 3.15. The molecule has 1 aliphatic rings. The van der Waals surface area contributed by atoms with Crippen molar-refractivity contribution in [1.82, 2.24) is 5.32 Å². The van der Waals surface area contributed by atoms with Gasteiger partial charge in [-0.1, -0.05) is 30.3 Å². The molecule has 0 saturated heterocycles. The third kappa shape index (κ3) is 5.94. The Balaban J connectivity index is 0.00000242. The number of hydrogen-bond acceptors (Lipinski definition) is 4. The van der Waals surface area contributed by atoms with Crippen LogP contribution < -0.4 is 11.1 Å². The number of amides is 1. The van der Waals surface area contributed by atoms with Crippen LogP contribution in [0, 0.1) is 5.41 Å². The molecule has 0 aromatic heterocycles. The monoisotopic (exact) mass is 346 g/mol. The normalized spacial score (nSPS) is 17.2. The molecule has 3 N–H and O–H groups in total. The highest BCUT2D eigenvalue weighted by molar-refractivity contribution is 7.90. The molecular weight excluding hydrogens is 324 g/mol. The molecule has 0 aliphatic heterocycles. The number of halogens is 1. The van der Waals surface area contributed by atoms with Gasteiger partial charge in [0.05, 0.1) is 11.8 Å². The predicted octanol–water partition coefficient (Wildman–Crippen LogP) is 0.919. The second kappa shape index (κ2) is 7.44. The minimum Gasteiger partial charge on any atom is -0.354 e. The fraction of sp³-hybridized carbons (Fsp3) is 0.533. The van der Waals surface area contributed by atoms with Gasteiger partial charge in [-0.2, -0.15) is 0 Å². The lowest BCUT2D eigenvalue weighted by molar-refractivity contribution is -0.122. The summed E-state index contributed by atoms with van der Waals surface area (Å²) in [4.78, 5) is 12.0. The van der Waals surface area contributed by atoms with Crippen molar-refractivity contribution in [1.29, 1.82) is 0 Å². The van der Waals surface area contributed by atoms with E-state index >= 15 is 0 Å². The van der Waals surface area contributed by atoms with E-state index < -0.39 is 15.9 Å². The van der Waals surface area contributed by atoms with Gasteiger partial charge in [-0.15, -0.1) is 12.4 Å². The first-order valence-corrected chi connectivity index (χ1v) is 9.11. The van der Waals surface area contributed by atoms with Crippen molar-refractivity contribution in [2.45, 2.75) is 25.3 Å². The summed E-state index contributed by atoms with van der Waals surface area (Å²) in [6.45, 7) is 0.390. The Hall–Kier alpha value is -1.11. The molecule has 0 spiro atoms. The Bertz CT molecular complexity index is 600. The summed E-state index contributed by atoms with van der Waals surface area (Å²) in [5.41, 5.74) is 6.64. The fourth-order valence-corrected chi connectivity index (χ4v) is 3.97. The Kier molecular flexibility index (Phi) is 6.40. The van der Waals surface area contributed by atoms with Crippen molar-refractivity contribution in [3.05, 3.63) is 35.9 Å². The number of carbonyl (C=O) groups excluding carboxylic acids is 1. The van der Waals surface area contributed by atoms with E-state index in [1.807, 2.05) is 30.3 Å². The van der Waals surface area contributed by atoms with Gasteiger partial charge in [0, 0.05) is 18.2 Å². The zero-order chi connectivity index (χ0) is 15.5. The smallest absolute Gasteiger partial charge is 0.237 e. The predicted molar refractivity (Wildman–Crippen MR) is 89.8 cm³/mol. The zero-order valence-electron chi connectivity index (χ0n) is 12.6. The van der Waals surface area contributed by atoms with Crippen molar-refractivity contribution in [3.8, 4) is 0 Å². The van der Waals surface area contributed by atoms with E-state index in [4.69, 9.17) is 5.73 Å². The number of nitrogens with two attached hydrogens (primary N) is 1. The maximum atomic E-state index is 12.0. The van der Waals surface area contributed by atoms with Crippen LogP contribution in [0.4, 0.5) is 0 Å². The molecule has 1 saturated carbocycles. The molecule has 0 unspecified atom stereocenters. The molecule has 1 aromatic carbocycles. The van der Waals surface area contributed by atoms with Crippen molar-refractivity contribution >= 4 is 28.2 Å². The van der Waals surface area contributed by atoms with E-state index in [2.05, 4.69) is 5.32 Å². The van der Waals surface area contributed by atoms with Gasteiger partial charge in [0.1, 0.15) is 9.84 Å². The van der Waals surface area contributed by atoms with E-state index in [9.17, 15) is 13.2 Å². The molecule has 0 bridgehead atoms. The highest BCUT2D eigenvalue weighted by atomic mass is 35.5. The summed E-state index contributed by atoms with van der Waals surface area (Å²) in [5, 5.41) is 2.80. The van der Waals surface area contributed by atoms with Crippen molar-refractivity contribution in [3.63, 3.8) is 0 Å². The maximum absolute atomic E-state index is 12.0. The van der Waals surface area contributed by atoms with Gasteiger partial charge in [0.25, 0.3) is 0 Å². The molecule has 0 heterocycles. The van der Waals surface area contributed by atoms with Gasteiger partial charge in [-0.3, -0.25) is 4.79 Å². The van der Waals surface area contributed by atoms with Crippen LogP contribution in [0.1, 0.15) is 18.4 Å². The molecule has 22 heavy (non-hydrogen) atoms. The number of nitrogens with one attached hydrogen (secondary N) is 1. The Morgan fingerprint density at radius 3 is 2.41 bits per heavy atom. The van der Waals surface area contributed by atoms with Crippen LogP contribution in [0.5, 0.6) is 0 Å². The molecule has 7 heteroatoms. The van der Waals surface area contributed by atoms with Gasteiger partial charge < -0.3 is 11.1 Å². The van der Waals surface area contributed by atoms with Crippen LogP contribution in [0.15, 0.2) is 30.3 Å². The first-order valence-electron chi connectivity index (χ1n) is 7.05. The maximum Gasteiger partial charge on any atom is 0.237 e. The largest absolute Gasteiger partial charge is 0.354 e. The quantitative estimate of drug-likeness (QED) is 0.768. The van der Waals surface area contributed by atoms with E-state index in [1.54, 1.807) is 0 Å². The SMILES string of the molecule is CS(=O)(=O)CC1(CNC(=O)[C@@H](N)Cc2ccccc2)CC1.Cl. The molecular formula is C15H23ClN2O3S. The Labute approximate surface area is 138 Å². The number of carbonyl (C=O) groups is 1. The summed E-state index contributed by atoms with van der Waals surface area (Å²) in [6, 6.07) is 8.98. The zero-order valence-corrected chi connectivity index (χ0v) is 14.3. The Morgan fingerprint density at radius 1 is 1.32 bits per heavy atom. The van der Waals surface area contributed by atoms with Gasteiger partial charge >= 0.3 is 0 Å². The highest BCUT2D eigenvalue weighted by Crippen LogP contribution is 2.46. The first-order chi connectivity index (χ1) is 9.80. The van der Waals surface area contributed by atoms with E-state index in [0.29, 0.717) is 13.0 Å². The van der Waals surface area contributed by atoms with Crippen LogP contribution in [0.25, 0.3) is 0 Å². The lowest BCUT2D eigenvalue weighted by Crippen LogP contribution is -2.44. The van der Waals surface area contributed by atoms with Crippen molar-refractivity contribution in [2.75, 3.05) is 18.6 Å². The summed E-state index contributed by atoms with van der Waals surface area (Å²) in [6.07, 6.45) is 3.39. The highest BCUT2D eigenvalue weighted by Gasteiger charge is 2.45. The molecule has 1 aliphatic carbocycles. The molecule has 1 fully saturated rings. The minimum atomic E-state index is -3.02. The lowest BCUT2D eigenvalue weighted by Gasteiger charge is -2.17. The third-order valence-electron chi connectivity index (χ3n) is 3.80. The summed E-state index contributed by atoms with van der Waals surface area (Å²) < 4.78 is 22.7. The van der Waals surface area contributed by atoms with Gasteiger partial charge in [-0.05, 0) is 24.8 Å². The van der Waals surface area contributed by atoms with Gasteiger partial charge in [0.2, 0.25) is 5.91 Å². The average molecular weight is 347 g/mol. The van der Waals surface area contributed by atoms with Crippen molar-refractivity contribution in [2.24, 2.45) is 11.1 Å². The lowest BCUT2D eigenvalue weighted by atomic mass is 10.1. The van der Waals surface area contributed by atoms with E-state index in [1.165, 1.54) is 6.26 Å². The van der Waals surface area contributed by atoms with E-state index in [0.717, 1.165) is 18.4 Å². The van der Waals surface area contributed by atoms with Crippen LogP contribution >= 0.6 is 12.4 Å². The number of benzene rings is 1. The summed E-state index contributed by atoms with van der Waals surface area (Å²) >= 11 is 0. The molecule has 1 amide bonds. The van der Waals surface area contributed by atoms with Crippen LogP contribution in [0.3, 0.4) is 0 Å². The molecule has 2 rings (SSSR count). The number of sulfone groups is 1. The Morgan fingerprint density at radius 2 is 1.91 bits per heavy atom. The molecule has 124 valence electrons.